The first-order chi connectivity index (χ1) is 49.5. The van der Waals surface area contributed by atoms with Gasteiger partial charge in [0.05, 0.1) is 11.0 Å². The first-order valence-corrected chi connectivity index (χ1v) is 40.1. The van der Waals surface area contributed by atoms with Crippen LogP contribution >= 0.6 is 0 Å². The van der Waals surface area contributed by atoms with Crippen molar-refractivity contribution in [3.8, 4) is 39.1 Å². The predicted molar refractivity (Wildman–Crippen MR) is 446 cm³/mol. The van der Waals surface area contributed by atoms with Crippen molar-refractivity contribution in [3.63, 3.8) is 0 Å². The number of para-hydroxylation sites is 1. The minimum atomic E-state index is 0.0106. The first-order valence-electron chi connectivity index (χ1n) is 40.1. The van der Waals surface area contributed by atoms with Crippen LogP contribution < -0.4 is 9.80 Å². The Morgan fingerprint density at radius 3 is 1.23 bits per heavy atom. The van der Waals surface area contributed by atoms with Crippen LogP contribution in [0.3, 0.4) is 0 Å². The normalized spacial score (nSPS) is 12.7. The van der Waals surface area contributed by atoms with Crippen LogP contribution in [0.1, 0.15) is 255 Å². The summed E-state index contributed by atoms with van der Waals surface area (Å²) in [7, 11) is 0. The first kappa shape index (κ1) is 73.4. The number of aryl methyl sites for hydroxylation is 4. The van der Waals surface area contributed by atoms with Crippen LogP contribution in [-0.2, 0) is 29.1 Å². The zero-order valence-electron chi connectivity index (χ0n) is 64.5. The van der Waals surface area contributed by atoms with Gasteiger partial charge in [-0.3, -0.25) is 0 Å². The molecule has 11 aromatic rings. The zero-order valence-corrected chi connectivity index (χ0v) is 64.5. The molecule has 530 valence electrons. The van der Waals surface area contributed by atoms with Crippen LogP contribution in [-0.4, -0.2) is 4.57 Å². The molecule has 12 rings (SSSR count). The third-order valence-corrected chi connectivity index (χ3v) is 22.7. The van der Waals surface area contributed by atoms with E-state index in [0.717, 1.165) is 47.0 Å². The molecule has 1 aliphatic carbocycles. The molecule has 0 saturated carbocycles. The molecular weight excluding hydrogens is 1230 g/mol. The highest BCUT2D eigenvalue weighted by atomic mass is 15.1. The van der Waals surface area contributed by atoms with Crippen molar-refractivity contribution in [1.82, 2.24) is 4.57 Å². The molecule has 0 aliphatic heterocycles. The minimum absolute atomic E-state index is 0.0106. The Balaban J connectivity index is 0.934. The number of nitrogens with zero attached hydrogens (tertiary/aromatic N) is 3. The number of hydrogen-bond donors (Lipinski definition) is 0. The van der Waals surface area contributed by atoms with E-state index in [2.05, 4.69) is 310 Å². The van der Waals surface area contributed by atoms with Crippen LogP contribution in [0.25, 0.3) is 60.9 Å². The molecule has 3 heteroatoms. The van der Waals surface area contributed by atoms with Gasteiger partial charge in [0.25, 0.3) is 0 Å². The van der Waals surface area contributed by atoms with Gasteiger partial charge in [-0.15, -0.1) is 0 Å². The maximum Gasteiger partial charge on any atom is 0.0547 e. The number of hydrogen-bond acceptors (Lipinski definition) is 2. The number of fused-ring (bicyclic) bond motifs is 7. The molecule has 0 atom stereocenters. The lowest BCUT2D eigenvalue weighted by atomic mass is 9.70. The Hall–Kier alpha value is -8.40. The molecule has 0 N–H and O–H groups in total. The van der Waals surface area contributed by atoms with Crippen molar-refractivity contribution in [2.75, 3.05) is 9.80 Å². The quantitative estimate of drug-likeness (QED) is 0.0380. The molecular formula is C99H119N3. The van der Waals surface area contributed by atoms with Gasteiger partial charge < -0.3 is 14.4 Å². The second kappa shape index (κ2) is 33.4. The van der Waals surface area contributed by atoms with Crippen LogP contribution in [0, 0.1) is 13.8 Å². The molecule has 1 heterocycles. The van der Waals surface area contributed by atoms with Gasteiger partial charge in [-0.2, -0.15) is 0 Å². The Kier molecular flexibility index (Phi) is 24.0. The van der Waals surface area contributed by atoms with Gasteiger partial charge in [0.1, 0.15) is 0 Å². The molecule has 1 aliphatic rings. The summed E-state index contributed by atoms with van der Waals surface area (Å²) < 4.78 is 2.73. The smallest absolute Gasteiger partial charge is 0.0547 e. The molecule has 0 bridgehead atoms. The Morgan fingerprint density at radius 2 is 0.745 bits per heavy atom. The van der Waals surface area contributed by atoms with Gasteiger partial charge in [-0.25, -0.2) is 0 Å². The van der Waals surface area contributed by atoms with E-state index >= 15 is 0 Å². The summed E-state index contributed by atoms with van der Waals surface area (Å²) in [4.78, 5) is 4.82. The second-order valence-electron chi connectivity index (χ2n) is 32.4. The van der Waals surface area contributed by atoms with Crippen molar-refractivity contribution in [1.29, 1.82) is 0 Å². The van der Waals surface area contributed by atoms with E-state index in [1.807, 2.05) is 0 Å². The van der Waals surface area contributed by atoms with Crippen molar-refractivity contribution in [2.45, 2.75) is 253 Å². The van der Waals surface area contributed by atoms with Gasteiger partial charge in [0.2, 0.25) is 0 Å². The molecule has 0 amide bonds. The monoisotopic (exact) mass is 1350 g/mol. The van der Waals surface area contributed by atoms with E-state index in [0.29, 0.717) is 0 Å². The van der Waals surface area contributed by atoms with Crippen molar-refractivity contribution in [3.05, 3.63) is 257 Å². The summed E-state index contributed by atoms with van der Waals surface area (Å²) in [6, 6.07) is 82.9. The van der Waals surface area contributed by atoms with Gasteiger partial charge >= 0.3 is 0 Å². The van der Waals surface area contributed by atoms with Crippen LogP contribution in [0.5, 0.6) is 0 Å². The third-order valence-electron chi connectivity index (χ3n) is 22.7. The Morgan fingerprint density at radius 1 is 0.333 bits per heavy atom. The number of rotatable bonds is 33. The summed E-state index contributed by atoms with van der Waals surface area (Å²) in [5.74, 6) is 0. The number of anilines is 6. The summed E-state index contributed by atoms with van der Waals surface area (Å²) in [5, 5.41) is 2.83. The average Bonchev–Trinajstić information content (AvgIpc) is 1.53. The van der Waals surface area contributed by atoms with E-state index in [1.165, 1.54) is 236 Å². The second-order valence-corrected chi connectivity index (χ2v) is 32.4. The van der Waals surface area contributed by atoms with Gasteiger partial charge in [0, 0.05) is 56.0 Å². The summed E-state index contributed by atoms with van der Waals surface area (Å²) in [5.41, 5.74) is 30.4. The van der Waals surface area contributed by atoms with E-state index < -0.39 is 0 Å². The lowest BCUT2D eigenvalue weighted by Crippen LogP contribution is -2.25. The van der Waals surface area contributed by atoms with Gasteiger partial charge in [0.15, 0.2) is 0 Å². The highest BCUT2D eigenvalue weighted by Crippen LogP contribution is 2.58. The zero-order chi connectivity index (χ0) is 71.4. The Bertz CT molecular complexity index is 4490. The van der Waals surface area contributed by atoms with Crippen molar-refractivity contribution in [2.24, 2.45) is 0 Å². The molecule has 1 aromatic heterocycles. The lowest BCUT2D eigenvalue weighted by molar-refractivity contribution is 0.398. The SMILES string of the molecule is CCCCCCCCC1(CCCCCCCC)c2cc(C)ccc2-c2c1ccc1c2c2ccccc2n1-c1cc(CCCCCC)c(-c2ccc(N(c3ccc(-c4ccc(N(c5ccc(C)cc5)c5ccc(C(C)(C)C)cc5)cc4)cc3)c3ccc(C(C)(C)C)cc3)cc2)cc1CCCCCC. The number of benzene rings is 10. The molecule has 3 nitrogen and oxygen atoms in total. The molecule has 10 aromatic carbocycles. The van der Waals surface area contributed by atoms with Crippen LogP contribution in [0.4, 0.5) is 34.1 Å². The Labute approximate surface area is 615 Å². The molecule has 0 saturated heterocycles. The fraction of sp³-hybridized carbons (Fsp3) is 0.394. The van der Waals surface area contributed by atoms with Crippen LogP contribution in [0.2, 0.25) is 0 Å². The fourth-order valence-corrected chi connectivity index (χ4v) is 16.7. The topological polar surface area (TPSA) is 11.4 Å². The summed E-state index contributed by atoms with van der Waals surface area (Å²) in [6.07, 6.45) is 30.1. The molecule has 102 heavy (non-hydrogen) atoms. The lowest BCUT2D eigenvalue weighted by Gasteiger charge is -2.33. The van der Waals surface area contributed by atoms with E-state index in [-0.39, 0.29) is 16.2 Å². The highest BCUT2D eigenvalue weighted by Gasteiger charge is 2.44. The van der Waals surface area contributed by atoms with Crippen molar-refractivity contribution >= 4 is 55.9 Å². The van der Waals surface area contributed by atoms with Gasteiger partial charge in [-0.05, 0) is 227 Å². The fourth-order valence-electron chi connectivity index (χ4n) is 16.7. The highest BCUT2D eigenvalue weighted by molar-refractivity contribution is 6.18. The molecule has 0 radical (unpaired) electrons. The number of unbranched alkanes of at least 4 members (excludes halogenated alkanes) is 16. The molecule has 0 unspecified atom stereocenters. The van der Waals surface area contributed by atoms with E-state index in [1.54, 1.807) is 11.1 Å². The third kappa shape index (κ3) is 16.3. The van der Waals surface area contributed by atoms with Gasteiger partial charge in [-0.1, -0.05) is 311 Å². The maximum atomic E-state index is 2.73. The average molecular weight is 1350 g/mol. The summed E-state index contributed by atoms with van der Waals surface area (Å²) in [6.45, 7) is 27.6. The standard InChI is InChI=1S/C99H119N3/c1-13-17-21-25-27-33-67-99(68-34-28-26-22-18-14-2)90-65-66-93-96(95(90)87-64-41-73(6)69-91(87)99)88-37-31-32-38-92(88)102(93)94-71-77(35-29-23-19-15-3)89(70-78(94)36-30-24-20-16-4)76-46-58-84(59-47-76)101(86-62-50-80(51-63-86)98(10,11)12)83-56-44-75(45-57-83)74-42-54-82(55-43-74)100(81-52-39-72(5)40-53-81)85-60-48-79(49-61-85)97(7,8)9/h31-32,37-66,69-71H,13-30,33-36,67-68H2,1-12H3. The van der Waals surface area contributed by atoms with E-state index in [9.17, 15) is 0 Å². The van der Waals surface area contributed by atoms with E-state index in [4.69, 9.17) is 0 Å². The summed E-state index contributed by atoms with van der Waals surface area (Å²) >= 11 is 0. The molecule has 0 fully saturated rings. The maximum absolute atomic E-state index is 2.73. The largest absolute Gasteiger partial charge is 0.311 e. The number of aromatic nitrogens is 1. The minimum Gasteiger partial charge on any atom is -0.311 e. The van der Waals surface area contributed by atoms with Crippen molar-refractivity contribution < 1.29 is 0 Å². The molecule has 0 spiro atoms. The van der Waals surface area contributed by atoms with Crippen LogP contribution in [0.15, 0.2) is 212 Å². The predicted octanol–water partition coefficient (Wildman–Crippen LogP) is 30.3.